The Kier molecular flexibility index (Phi) is 5.69. The summed E-state index contributed by atoms with van der Waals surface area (Å²) in [5.74, 6) is -0.471. The fourth-order valence-electron chi connectivity index (χ4n) is 4.25. The van der Waals surface area contributed by atoms with Gasteiger partial charge in [0.1, 0.15) is 0 Å². The van der Waals surface area contributed by atoms with Crippen molar-refractivity contribution in [2.24, 2.45) is 0 Å². The van der Waals surface area contributed by atoms with Crippen LogP contribution in [0, 0.1) is 11.6 Å². The van der Waals surface area contributed by atoms with Crippen LogP contribution < -0.4 is 9.47 Å². The summed E-state index contributed by atoms with van der Waals surface area (Å²) in [6.07, 6.45) is 4.98. The molecule has 2 aliphatic rings. The van der Waals surface area contributed by atoms with Gasteiger partial charge in [0, 0.05) is 31.0 Å². The molecule has 0 radical (unpaired) electrons. The minimum atomic E-state index is -0.894. The third-order valence-corrected chi connectivity index (χ3v) is 5.86. The van der Waals surface area contributed by atoms with E-state index in [1.807, 2.05) is 18.2 Å². The molecule has 1 aliphatic carbocycles. The molecule has 1 atom stereocenters. The van der Waals surface area contributed by atoms with Gasteiger partial charge in [-0.25, -0.2) is 8.78 Å². The average Bonchev–Trinajstić information content (AvgIpc) is 3.35. The van der Waals surface area contributed by atoms with E-state index in [1.165, 1.54) is 25.0 Å². The van der Waals surface area contributed by atoms with Crippen LogP contribution in [-0.4, -0.2) is 30.6 Å². The Hall–Kier alpha value is -2.63. The molecular weight excluding hydrogens is 376 g/mol. The maximum Gasteiger partial charge on any atom is 0.223 e. The number of ether oxygens (including phenoxy) is 2. The molecule has 6 heteroatoms. The Morgan fingerprint density at radius 1 is 1.10 bits per heavy atom. The van der Waals surface area contributed by atoms with Crippen LogP contribution in [0.25, 0.3) is 0 Å². The lowest BCUT2D eigenvalue weighted by Crippen LogP contribution is -2.25. The molecule has 1 amide bonds. The first-order chi connectivity index (χ1) is 14.0. The zero-order chi connectivity index (χ0) is 20.4. The van der Waals surface area contributed by atoms with Crippen molar-refractivity contribution in [3.63, 3.8) is 0 Å². The van der Waals surface area contributed by atoms with Crippen molar-refractivity contribution >= 4 is 5.91 Å². The average molecular weight is 401 g/mol. The van der Waals surface area contributed by atoms with Crippen molar-refractivity contribution < 1.29 is 23.0 Å². The molecule has 2 aromatic rings. The fraction of sp³-hybridized carbons (Fsp3) is 0.435. The summed E-state index contributed by atoms with van der Waals surface area (Å²) < 4.78 is 39.1. The van der Waals surface area contributed by atoms with Gasteiger partial charge < -0.3 is 14.4 Å². The highest BCUT2D eigenvalue weighted by atomic mass is 19.2. The summed E-state index contributed by atoms with van der Waals surface area (Å²) in [6, 6.07) is 9.84. The number of likely N-dealkylation sites (tertiary alicyclic amines) is 1. The third kappa shape index (κ3) is 4.21. The van der Waals surface area contributed by atoms with Crippen molar-refractivity contribution in [1.82, 2.24) is 4.90 Å². The Morgan fingerprint density at radius 3 is 2.66 bits per heavy atom. The maximum absolute atomic E-state index is 14.0. The molecule has 1 saturated carbocycles. The third-order valence-electron chi connectivity index (χ3n) is 5.86. The molecule has 0 aromatic heterocycles. The number of methoxy groups -OCH3 is 1. The lowest BCUT2D eigenvalue weighted by atomic mass is 9.98. The van der Waals surface area contributed by atoms with E-state index in [-0.39, 0.29) is 30.0 Å². The summed E-state index contributed by atoms with van der Waals surface area (Å²) in [6.45, 7) is 0.532. The first kappa shape index (κ1) is 19.7. The van der Waals surface area contributed by atoms with E-state index < -0.39 is 11.6 Å². The quantitative estimate of drug-likeness (QED) is 0.697. The highest BCUT2D eigenvalue weighted by molar-refractivity contribution is 5.79. The number of benzene rings is 2. The molecule has 4 rings (SSSR count). The van der Waals surface area contributed by atoms with Gasteiger partial charge in [0.05, 0.1) is 13.2 Å². The molecule has 0 bridgehead atoms. The van der Waals surface area contributed by atoms with Crippen molar-refractivity contribution in [2.45, 2.75) is 50.7 Å². The van der Waals surface area contributed by atoms with Crippen LogP contribution in [0.1, 0.15) is 49.1 Å². The van der Waals surface area contributed by atoms with Crippen molar-refractivity contribution in [3.8, 4) is 11.5 Å². The molecule has 1 saturated heterocycles. The van der Waals surface area contributed by atoms with Crippen LogP contribution in [0.2, 0.25) is 0 Å². The van der Waals surface area contributed by atoms with Gasteiger partial charge in [0.15, 0.2) is 23.1 Å². The molecule has 2 fully saturated rings. The van der Waals surface area contributed by atoms with E-state index in [9.17, 15) is 13.6 Å². The van der Waals surface area contributed by atoms with Crippen LogP contribution in [-0.2, 0) is 11.3 Å². The molecule has 4 nitrogen and oxygen atoms in total. The SMILES string of the molecule is COc1ccc([C@H]2CC(=O)N(Cc3cccc(F)c3F)C2)cc1OC1CCCC1. The largest absolute Gasteiger partial charge is 0.493 e. The Labute approximate surface area is 169 Å². The van der Waals surface area contributed by atoms with E-state index in [1.54, 1.807) is 12.0 Å². The molecule has 0 spiro atoms. The number of carbonyl (C=O) groups excluding carboxylic acids is 1. The second-order valence-electron chi connectivity index (χ2n) is 7.82. The monoisotopic (exact) mass is 401 g/mol. The Morgan fingerprint density at radius 2 is 1.90 bits per heavy atom. The minimum Gasteiger partial charge on any atom is -0.493 e. The predicted molar refractivity (Wildman–Crippen MR) is 105 cm³/mol. The lowest BCUT2D eigenvalue weighted by molar-refractivity contribution is -0.128. The smallest absolute Gasteiger partial charge is 0.223 e. The van der Waals surface area contributed by atoms with E-state index in [0.717, 1.165) is 24.5 Å². The number of amides is 1. The minimum absolute atomic E-state index is 0.0176. The second-order valence-corrected chi connectivity index (χ2v) is 7.82. The van der Waals surface area contributed by atoms with Gasteiger partial charge in [0.2, 0.25) is 5.91 Å². The van der Waals surface area contributed by atoms with E-state index in [0.29, 0.717) is 24.5 Å². The van der Waals surface area contributed by atoms with Crippen molar-refractivity contribution in [1.29, 1.82) is 0 Å². The van der Waals surface area contributed by atoms with Crippen LogP contribution in [0.4, 0.5) is 8.78 Å². The molecule has 154 valence electrons. The summed E-state index contributed by atoms with van der Waals surface area (Å²) in [5, 5.41) is 0. The summed E-state index contributed by atoms with van der Waals surface area (Å²) >= 11 is 0. The van der Waals surface area contributed by atoms with Gasteiger partial charge in [-0.05, 0) is 49.4 Å². The van der Waals surface area contributed by atoms with Gasteiger partial charge in [-0.15, -0.1) is 0 Å². The van der Waals surface area contributed by atoms with Crippen LogP contribution in [0.15, 0.2) is 36.4 Å². The van der Waals surface area contributed by atoms with Crippen LogP contribution in [0.5, 0.6) is 11.5 Å². The molecule has 0 unspecified atom stereocenters. The van der Waals surface area contributed by atoms with Crippen molar-refractivity contribution in [2.75, 3.05) is 13.7 Å². The first-order valence-corrected chi connectivity index (χ1v) is 10.1. The van der Waals surface area contributed by atoms with Crippen LogP contribution >= 0.6 is 0 Å². The number of hydrogen-bond donors (Lipinski definition) is 0. The van der Waals surface area contributed by atoms with Gasteiger partial charge in [-0.3, -0.25) is 4.79 Å². The first-order valence-electron chi connectivity index (χ1n) is 10.1. The highest BCUT2D eigenvalue weighted by Gasteiger charge is 2.32. The fourth-order valence-corrected chi connectivity index (χ4v) is 4.25. The van der Waals surface area contributed by atoms with Gasteiger partial charge in [0.25, 0.3) is 0 Å². The summed E-state index contributed by atoms with van der Waals surface area (Å²) in [5.41, 5.74) is 1.19. The van der Waals surface area contributed by atoms with E-state index in [2.05, 4.69) is 0 Å². The van der Waals surface area contributed by atoms with Crippen LogP contribution in [0.3, 0.4) is 0 Å². The Bertz CT molecular complexity index is 896. The molecular formula is C23H25F2NO3. The summed E-state index contributed by atoms with van der Waals surface area (Å²) in [7, 11) is 1.62. The highest BCUT2D eigenvalue weighted by Crippen LogP contribution is 2.37. The van der Waals surface area contributed by atoms with E-state index >= 15 is 0 Å². The number of rotatable bonds is 6. The second kappa shape index (κ2) is 8.39. The van der Waals surface area contributed by atoms with Gasteiger partial charge in [-0.2, -0.15) is 0 Å². The number of carbonyl (C=O) groups is 1. The van der Waals surface area contributed by atoms with Crippen molar-refractivity contribution in [3.05, 3.63) is 59.2 Å². The maximum atomic E-state index is 14.0. The number of halogens is 2. The predicted octanol–water partition coefficient (Wildman–Crippen LogP) is 4.81. The molecule has 2 aromatic carbocycles. The topological polar surface area (TPSA) is 38.8 Å². The van der Waals surface area contributed by atoms with Gasteiger partial charge in [-0.1, -0.05) is 18.2 Å². The number of hydrogen-bond acceptors (Lipinski definition) is 3. The molecule has 29 heavy (non-hydrogen) atoms. The Balaban J connectivity index is 1.50. The van der Waals surface area contributed by atoms with E-state index in [4.69, 9.17) is 9.47 Å². The lowest BCUT2D eigenvalue weighted by Gasteiger charge is -2.19. The number of nitrogens with zero attached hydrogens (tertiary/aromatic N) is 1. The molecule has 1 aliphatic heterocycles. The summed E-state index contributed by atoms with van der Waals surface area (Å²) in [4.78, 5) is 14.1. The molecule has 1 heterocycles. The normalized spacial score (nSPS) is 19.8. The standard InChI is InChI=1S/C23H25F2NO3/c1-28-20-10-9-15(11-21(20)29-18-6-2-3-7-18)17-12-22(27)26(14-17)13-16-5-4-8-19(24)23(16)25/h4-5,8-11,17-18H,2-3,6-7,12-14H2,1H3/t17-/m0/s1. The zero-order valence-corrected chi connectivity index (χ0v) is 16.5. The molecule has 0 N–H and O–H groups in total. The zero-order valence-electron chi connectivity index (χ0n) is 16.5. The van der Waals surface area contributed by atoms with Gasteiger partial charge >= 0.3 is 0 Å².